The summed E-state index contributed by atoms with van der Waals surface area (Å²) >= 11 is 0. The average Bonchev–Trinajstić information content (AvgIpc) is 2.65. The average molecular weight is 416 g/mol. The Kier molecular flexibility index (Phi) is 7.86. The summed E-state index contributed by atoms with van der Waals surface area (Å²) in [6, 6.07) is 9.70. The first-order valence-electron chi connectivity index (χ1n) is 10.3. The summed E-state index contributed by atoms with van der Waals surface area (Å²) in [6.07, 6.45) is 0. The van der Waals surface area contributed by atoms with Crippen LogP contribution in [0.4, 0.5) is 11.5 Å². The highest BCUT2D eigenvalue weighted by molar-refractivity contribution is 5.82. The van der Waals surface area contributed by atoms with Crippen molar-refractivity contribution in [2.75, 3.05) is 30.8 Å². The van der Waals surface area contributed by atoms with Gasteiger partial charge in [0.2, 0.25) is 5.91 Å². The molecule has 0 fully saturated rings. The van der Waals surface area contributed by atoms with Crippen LogP contribution in [0.25, 0.3) is 0 Å². The van der Waals surface area contributed by atoms with Crippen LogP contribution in [0, 0.1) is 11.8 Å². The van der Waals surface area contributed by atoms with E-state index in [9.17, 15) is 14.4 Å². The Morgan fingerprint density at radius 3 is 2.30 bits per heavy atom. The molecule has 0 radical (unpaired) electrons. The molecule has 8 heteroatoms. The number of rotatable bonds is 9. The van der Waals surface area contributed by atoms with Gasteiger partial charge >= 0.3 is 5.69 Å². The molecule has 0 aliphatic carbocycles. The molecule has 0 bridgehead atoms. The molecule has 1 aromatic heterocycles. The maximum atomic E-state index is 12.9. The van der Waals surface area contributed by atoms with E-state index in [1.54, 1.807) is 16.8 Å². The van der Waals surface area contributed by atoms with Crippen molar-refractivity contribution in [2.24, 2.45) is 11.8 Å². The summed E-state index contributed by atoms with van der Waals surface area (Å²) < 4.78 is 1.37. The van der Waals surface area contributed by atoms with Crippen LogP contribution in [0.2, 0.25) is 0 Å². The van der Waals surface area contributed by atoms with Crippen molar-refractivity contribution in [3.05, 3.63) is 56.7 Å². The highest BCUT2D eigenvalue weighted by Crippen LogP contribution is 2.19. The molecule has 0 aliphatic heterocycles. The molecule has 8 nitrogen and oxygen atoms in total. The highest BCUT2D eigenvalue weighted by atomic mass is 16.2. The summed E-state index contributed by atoms with van der Waals surface area (Å²) in [5, 5.41) is 0. The number of amides is 1. The van der Waals surface area contributed by atoms with Gasteiger partial charge in [0, 0.05) is 26.7 Å². The third-order valence-electron chi connectivity index (χ3n) is 4.68. The molecule has 1 heterocycles. The minimum atomic E-state index is -0.573. The van der Waals surface area contributed by atoms with E-state index < -0.39 is 11.2 Å². The standard InChI is InChI=1S/C22H33N5O3/c1-15(2)11-26(14-18(28)25(5)13-17-9-7-6-8-10-17)19-20(23)27(12-16(3)4)22(30)24-21(19)29/h6-10,15-16H,11-14,23H2,1-5H3,(H,24,29,30). The lowest BCUT2D eigenvalue weighted by molar-refractivity contribution is -0.129. The van der Waals surface area contributed by atoms with Gasteiger partial charge < -0.3 is 15.5 Å². The van der Waals surface area contributed by atoms with E-state index in [1.165, 1.54) is 4.57 Å². The maximum absolute atomic E-state index is 12.9. The number of nitrogens with one attached hydrogen (secondary N) is 1. The second-order valence-corrected chi connectivity index (χ2v) is 8.51. The molecule has 30 heavy (non-hydrogen) atoms. The van der Waals surface area contributed by atoms with Gasteiger partial charge in [0.15, 0.2) is 0 Å². The van der Waals surface area contributed by atoms with Crippen molar-refractivity contribution in [2.45, 2.75) is 40.8 Å². The maximum Gasteiger partial charge on any atom is 0.330 e. The Labute approximate surface area is 177 Å². The molecule has 0 aliphatic rings. The van der Waals surface area contributed by atoms with Gasteiger partial charge in [-0.25, -0.2) is 4.79 Å². The number of aromatic amines is 1. The Morgan fingerprint density at radius 1 is 1.10 bits per heavy atom. The van der Waals surface area contributed by atoms with E-state index in [-0.39, 0.29) is 35.8 Å². The van der Waals surface area contributed by atoms with Crippen LogP contribution >= 0.6 is 0 Å². The number of likely N-dealkylation sites (N-methyl/N-ethyl adjacent to an activating group) is 1. The molecule has 1 amide bonds. The minimum absolute atomic E-state index is 0.00528. The molecule has 2 aromatic rings. The van der Waals surface area contributed by atoms with Crippen LogP contribution in [-0.2, 0) is 17.9 Å². The summed E-state index contributed by atoms with van der Waals surface area (Å²) in [4.78, 5) is 43.5. The van der Waals surface area contributed by atoms with Crippen molar-refractivity contribution >= 4 is 17.4 Å². The Balaban J connectivity index is 2.34. The first-order chi connectivity index (χ1) is 14.1. The summed E-state index contributed by atoms with van der Waals surface area (Å²) in [6.45, 7) is 9.22. The number of aromatic nitrogens is 2. The lowest BCUT2D eigenvalue weighted by atomic mass is 10.2. The summed E-state index contributed by atoms with van der Waals surface area (Å²) in [5.41, 5.74) is 6.35. The number of hydrogen-bond donors (Lipinski definition) is 2. The number of nitrogens with two attached hydrogens (primary N) is 1. The molecule has 0 saturated carbocycles. The molecule has 0 unspecified atom stereocenters. The lowest BCUT2D eigenvalue weighted by Crippen LogP contribution is -2.44. The minimum Gasteiger partial charge on any atom is -0.383 e. The molecule has 0 atom stereocenters. The smallest absolute Gasteiger partial charge is 0.330 e. The number of carbonyl (C=O) groups is 1. The monoisotopic (exact) mass is 415 g/mol. The quantitative estimate of drug-likeness (QED) is 0.651. The van der Waals surface area contributed by atoms with E-state index in [0.717, 1.165) is 5.56 Å². The zero-order chi connectivity index (χ0) is 22.4. The van der Waals surface area contributed by atoms with Gasteiger partial charge in [-0.15, -0.1) is 0 Å². The number of nitrogens with zero attached hydrogens (tertiary/aromatic N) is 3. The van der Waals surface area contributed by atoms with E-state index >= 15 is 0 Å². The van der Waals surface area contributed by atoms with Crippen molar-refractivity contribution in [3.8, 4) is 0 Å². The summed E-state index contributed by atoms with van der Waals surface area (Å²) in [5.74, 6) is 0.305. The fraction of sp³-hybridized carbons (Fsp3) is 0.500. The van der Waals surface area contributed by atoms with Gasteiger partial charge in [-0.3, -0.25) is 19.1 Å². The first kappa shape index (κ1) is 23.3. The van der Waals surface area contributed by atoms with Gasteiger partial charge in [0.25, 0.3) is 5.56 Å². The zero-order valence-electron chi connectivity index (χ0n) is 18.5. The van der Waals surface area contributed by atoms with Gasteiger partial charge in [-0.05, 0) is 17.4 Å². The third kappa shape index (κ3) is 5.98. The van der Waals surface area contributed by atoms with Gasteiger partial charge in [0.1, 0.15) is 11.5 Å². The number of anilines is 2. The number of hydrogen-bond acceptors (Lipinski definition) is 5. The van der Waals surface area contributed by atoms with Crippen LogP contribution in [0.5, 0.6) is 0 Å². The van der Waals surface area contributed by atoms with E-state index in [1.807, 2.05) is 58.0 Å². The SMILES string of the molecule is CC(C)CN(CC(=O)N(C)Cc1ccccc1)c1c(N)n(CC(C)C)c(=O)[nH]c1=O. The molecule has 0 spiro atoms. The fourth-order valence-electron chi connectivity index (χ4n) is 3.33. The van der Waals surface area contributed by atoms with Crippen molar-refractivity contribution in [1.29, 1.82) is 0 Å². The first-order valence-corrected chi connectivity index (χ1v) is 10.3. The fourth-order valence-corrected chi connectivity index (χ4v) is 3.33. The van der Waals surface area contributed by atoms with Crippen LogP contribution in [-0.4, -0.2) is 40.5 Å². The third-order valence-corrected chi connectivity index (χ3v) is 4.68. The topological polar surface area (TPSA) is 104 Å². The Bertz CT molecular complexity index is 963. The normalized spacial score (nSPS) is 11.2. The number of nitrogen functional groups attached to an aromatic ring is 1. The van der Waals surface area contributed by atoms with Crippen molar-refractivity contribution in [1.82, 2.24) is 14.5 Å². The largest absolute Gasteiger partial charge is 0.383 e. The number of benzene rings is 1. The van der Waals surface area contributed by atoms with E-state index in [2.05, 4.69) is 4.98 Å². The molecular formula is C22H33N5O3. The molecule has 0 saturated heterocycles. The lowest BCUT2D eigenvalue weighted by Gasteiger charge is -2.29. The second-order valence-electron chi connectivity index (χ2n) is 8.51. The molecular weight excluding hydrogens is 382 g/mol. The summed E-state index contributed by atoms with van der Waals surface area (Å²) in [7, 11) is 1.73. The van der Waals surface area contributed by atoms with Crippen molar-refractivity contribution < 1.29 is 4.79 Å². The predicted octanol–water partition coefficient (Wildman–Crippen LogP) is 1.90. The van der Waals surface area contributed by atoms with Crippen LogP contribution in [0.1, 0.15) is 33.3 Å². The molecule has 3 N–H and O–H groups in total. The van der Waals surface area contributed by atoms with Gasteiger partial charge in [-0.2, -0.15) is 0 Å². The zero-order valence-corrected chi connectivity index (χ0v) is 18.5. The Hall–Kier alpha value is -3.03. The van der Waals surface area contributed by atoms with E-state index in [0.29, 0.717) is 19.6 Å². The number of H-pyrrole nitrogens is 1. The van der Waals surface area contributed by atoms with Crippen LogP contribution in [0.3, 0.4) is 0 Å². The van der Waals surface area contributed by atoms with Crippen LogP contribution < -0.4 is 21.9 Å². The van der Waals surface area contributed by atoms with Crippen LogP contribution in [0.15, 0.2) is 39.9 Å². The number of carbonyl (C=O) groups excluding carboxylic acids is 1. The Morgan fingerprint density at radius 2 is 1.73 bits per heavy atom. The second kappa shape index (κ2) is 10.1. The highest BCUT2D eigenvalue weighted by Gasteiger charge is 2.23. The molecule has 1 aromatic carbocycles. The van der Waals surface area contributed by atoms with Gasteiger partial charge in [0.05, 0.1) is 6.54 Å². The molecule has 164 valence electrons. The van der Waals surface area contributed by atoms with Crippen molar-refractivity contribution in [3.63, 3.8) is 0 Å². The predicted molar refractivity (Wildman–Crippen MR) is 121 cm³/mol. The van der Waals surface area contributed by atoms with Gasteiger partial charge in [-0.1, -0.05) is 58.0 Å². The molecule has 2 rings (SSSR count). The van der Waals surface area contributed by atoms with E-state index in [4.69, 9.17) is 5.73 Å².